The third-order valence-electron chi connectivity index (χ3n) is 5.43. The molecule has 0 aliphatic carbocycles. The fourth-order valence-electron chi connectivity index (χ4n) is 3.46. The van der Waals surface area contributed by atoms with Crippen LogP contribution in [-0.2, 0) is 14.3 Å². The number of anilines is 2. The molecule has 1 heterocycles. The molecule has 0 saturated carbocycles. The Morgan fingerprint density at radius 1 is 0.939 bits per heavy atom. The minimum Gasteiger partial charge on any atom is -0.484 e. The number of unbranched alkanes of at least 4 members (excludes halogenated alkanes) is 1. The normalized spacial score (nSPS) is 13.4. The first-order valence-electron chi connectivity index (χ1n) is 11.3. The van der Waals surface area contributed by atoms with E-state index in [2.05, 4.69) is 10.2 Å². The van der Waals surface area contributed by atoms with Crippen LogP contribution in [0.4, 0.5) is 11.4 Å². The number of nitrogens with zero attached hydrogens (tertiary/aromatic N) is 2. The molecule has 0 aromatic heterocycles. The Morgan fingerprint density at radius 3 is 2.21 bits per heavy atom. The Kier molecular flexibility index (Phi) is 8.69. The zero-order chi connectivity index (χ0) is 23.6. The number of hydrogen-bond acceptors (Lipinski definition) is 6. The van der Waals surface area contributed by atoms with Gasteiger partial charge in [0.2, 0.25) is 5.91 Å². The number of benzene rings is 2. The molecule has 1 aliphatic heterocycles. The van der Waals surface area contributed by atoms with Crippen molar-refractivity contribution in [3.8, 4) is 5.75 Å². The molecule has 1 aliphatic rings. The summed E-state index contributed by atoms with van der Waals surface area (Å²) in [7, 11) is 0. The zero-order valence-electron chi connectivity index (χ0n) is 19.2. The van der Waals surface area contributed by atoms with Gasteiger partial charge < -0.3 is 24.6 Å². The van der Waals surface area contributed by atoms with Crippen LogP contribution < -0.4 is 15.0 Å². The number of ether oxygens (including phenoxy) is 2. The quantitative estimate of drug-likeness (QED) is 0.463. The minimum absolute atomic E-state index is 0.109. The molecule has 0 atom stereocenters. The van der Waals surface area contributed by atoms with Gasteiger partial charge in [0.25, 0.3) is 5.91 Å². The topological polar surface area (TPSA) is 88.2 Å². The number of carbonyl (C=O) groups is 3. The number of esters is 1. The molecule has 0 radical (unpaired) electrons. The number of piperazine rings is 1. The highest BCUT2D eigenvalue weighted by Crippen LogP contribution is 2.21. The van der Waals surface area contributed by atoms with E-state index in [0.717, 1.165) is 44.7 Å². The van der Waals surface area contributed by atoms with Crippen molar-refractivity contribution in [1.29, 1.82) is 0 Å². The van der Waals surface area contributed by atoms with Crippen LogP contribution >= 0.6 is 0 Å². The summed E-state index contributed by atoms with van der Waals surface area (Å²) >= 11 is 0. The second kappa shape index (κ2) is 11.9. The number of carbonyl (C=O) groups excluding carboxylic acids is 3. The van der Waals surface area contributed by atoms with Crippen molar-refractivity contribution in [3.63, 3.8) is 0 Å². The molecule has 2 aromatic rings. The van der Waals surface area contributed by atoms with Gasteiger partial charge in [0.05, 0.1) is 12.2 Å². The lowest BCUT2D eigenvalue weighted by Crippen LogP contribution is -2.48. The molecule has 2 aromatic carbocycles. The molecule has 33 heavy (non-hydrogen) atoms. The van der Waals surface area contributed by atoms with Crippen molar-refractivity contribution in [2.45, 2.75) is 26.7 Å². The van der Waals surface area contributed by atoms with E-state index < -0.39 is 0 Å². The number of nitrogens with one attached hydrogen (secondary N) is 1. The van der Waals surface area contributed by atoms with Crippen molar-refractivity contribution in [2.75, 3.05) is 49.6 Å². The zero-order valence-corrected chi connectivity index (χ0v) is 19.2. The van der Waals surface area contributed by atoms with Gasteiger partial charge in [-0.25, -0.2) is 4.79 Å². The van der Waals surface area contributed by atoms with Crippen molar-refractivity contribution in [2.24, 2.45) is 0 Å². The molecule has 0 bridgehead atoms. The third kappa shape index (κ3) is 7.24. The first-order chi connectivity index (χ1) is 16.0. The smallest absolute Gasteiger partial charge is 0.338 e. The molecule has 2 amide bonds. The summed E-state index contributed by atoms with van der Waals surface area (Å²) in [6.07, 6.45) is 1.80. The van der Waals surface area contributed by atoms with E-state index >= 15 is 0 Å². The molecular formula is C25H31N3O5. The van der Waals surface area contributed by atoms with Crippen LogP contribution in [0, 0.1) is 0 Å². The maximum atomic E-state index is 12.2. The van der Waals surface area contributed by atoms with Gasteiger partial charge in [-0.2, -0.15) is 0 Å². The summed E-state index contributed by atoms with van der Waals surface area (Å²) in [5.74, 6) is 0.0468. The fraction of sp³-hybridized carbons (Fsp3) is 0.400. The van der Waals surface area contributed by atoms with E-state index in [4.69, 9.17) is 9.47 Å². The van der Waals surface area contributed by atoms with E-state index in [9.17, 15) is 14.4 Å². The van der Waals surface area contributed by atoms with Crippen LogP contribution in [0.15, 0.2) is 48.5 Å². The standard InChI is InChI=1S/C25H31N3O5/c1-3-4-17-32-25(31)20-5-7-21(8-6-20)26-24(30)18-33-23-11-9-22(10-12-23)28-15-13-27(14-16-28)19(2)29/h5-12H,3-4,13-18H2,1-2H3,(H,26,30). The third-order valence-corrected chi connectivity index (χ3v) is 5.43. The van der Waals surface area contributed by atoms with Gasteiger partial charge in [0, 0.05) is 44.5 Å². The lowest BCUT2D eigenvalue weighted by atomic mass is 10.2. The Morgan fingerprint density at radius 2 is 1.61 bits per heavy atom. The fourth-order valence-corrected chi connectivity index (χ4v) is 3.46. The van der Waals surface area contributed by atoms with Crippen LogP contribution in [0.3, 0.4) is 0 Å². The van der Waals surface area contributed by atoms with Gasteiger partial charge in [-0.15, -0.1) is 0 Å². The summed E-state index contributed by atoms with van der Waals surface area (Å²) in [4.78, 5) is 39.7. The van der Waals surface area contributed by atoms with Crippen LogP contribution in [0.25, 0.3) is 0 Å². The maximum Gasteiger partial charge on any atom is 0.338 e. The maximum absolute atomic E-state index is 12.2. The van der Waals surface area contributed by atoms with E-state index in [1.807, 2.05) is 36.1 Å². The lowest BCUT2D eigenvalue weighted by Gasteiger charge is -2.35. The predicted molar refractivity (Wildman–Crippen MR) is 127 cm³/mol. The van der Waals surface area contributed by atoms with E-state index in [0.29, 0.717) is 23.6 Å². The molecule has 0 unspecified atom stereocenters. The molecule has 8 heteroatoms. The van der Waals surface area contributed by atoms with Gasteiger partial charge in [-0.3, -0.25) is 9.59 Å². The monoisotopic (exact) mass is 453 g/mol. The highest BCUT2D eigenvalue weighted by molar-refractivity contribution is 5.93. The van der Waals surface area contributed by atoms with Crippen LogP contribution in [0.2, 0.25) is 0 Å². The molecule has 1 saturated heterocycles. The summed E-state index contributed by atoms with van der Waals surface area (Å²) < 4.78 is 10.8. The number of rotatable bonds is 9. The van der Waals surface area contributed by atoms with Crippen LogP contribution in [0.5, 0.6) is 5.75 Å². The van der Waals surface area contributed by atoms with E-state index in [-0.39, 0.29) is 24.4 Å². The Balaban J connectivity index is 1.42. The molecule has 1 fully saturated rings. The van der Waals surface area contributed by atoms with Gasteiger partial charge in [0.15, 0.2) is 6.61 Å². The summed E-state index contributed by atoms with van der Waals surface area (Å²) in [6.45, 7) is 6.92. The lowest BCUT2D eigenvalue weighted by molar-refractivity contribution is -0.129. The second-order valence-corrected chi connectivity index (χ2v) is 7.89. The Labute approximate surface area is 194 Å². The number of amides is 2. The predicted octanol–water partition coefficient (Wildman–Crippen LogP) is 3.33. The van der Waals surface area contributed by atoms with Crippen molar-refractivity contribution in [3.05, 3.63) is 54.1 Å². The van der Waals surface area contributed by atoms with Gasteiger partial charge in [-0.05, 0) is 55.0 Å². The van der Waals surface area contributed by atoms with Crippen LogP contribution in [0.1, 0.15) is 37.0 Å². The summed E-state index contributed by atoms with van der Waals surface area (Å²) in [5.41, 5.74) is 2.08. The Hall–Kier alpha value is -3.55. The average Bonchev–Trinajstić information content (AvgIpc) is 2.83. The molecule has 0 spiro atoms. The highest BCUT2D eigenvalue weighted by Gasteiger charge is 2.18. The van der Waals surface area contributed by atoms with Crippen molar-refractivity contribution < 1.29 is 23.9 Å². The van der Waals surface area contributed by atoms with Crippen LogP contribution in [-0.4, -0.2) is 62.1 Å². The van der Waals surface area contributed by atoms with Gasteiger partial charge in [0.1, 0.15) is 5.75 Å². The van der Waals surface area contributed by atoms with E-state index in [1.54, 1.807) is 31.2 Å². The molecule has 3 rings (SSSR count). The SMILES string of the molecule is CCCCOC(=O)c1ccc(NC(=O)COc2ccc(N3CCN(C(C)=O)CC3)cc2)cc1. The largest absolute Gasteiger partial charge is 0.484 e. The minimum atomic E-state index is -0.367. The Bertz CT molecular complexity index is 936. The first-order valence-corrected chi connectivity index (χ1v) is 11.3. The van der Waals surface area contributed by atoms with Gasteiger partial charge >= 0.3 is 5.97 Å². The molecule has 176 valence electrons. The second-order valence-electron chi connectivity index (χ2n) is 7.89. The number of hydrogen-bond donors (Lipinski definition) is 1. The van der Waals surface area contributed by atoms with E-state index in [1.165, 1.54) is 0 Å². The average molecular weight is 454 g/mol. The molecular weight excluding hydrogens is 422 g/mol. The van der Waals surface area contributed by atoms with Crippen molar-refractivity contribution >= 4 is 29.2 Å². The first kappa shape index (κ1) is 24.1. The van der Waals surface area contributed by atoms with Gasteiger partial charge in [-0.1, -0.05) is 13.3 Å². The molecule has 1 N–H and O–H groups in total. The highest BCUT2D eigenvalue weighted by atomic mass is 16.5. The molecule has 8 nitrogen and oxygen atoms in total. The van der Waals surface area contributed by atoms with Crippen molar-refractivity contribution in [1.82, 2.24) is 4.90 Å². The summed E-state index contributed by atoms with van der Waals surface area (Å²) in [6, 6.07) is 14.1. The summed E-state index contributed by atoms with van der Waals surface area (Å²) in [5, 5.41) is 2.75.